The number of amides is 3. The average Bonchev–Trinajstić information content (AvgIpc) is 2.67. The standard InChI is InChI=1S/C20H23BrN4O2/c1-24(2)20(27)25-10-8-17-15(13-25)11-22-12-18(17)19(26)23-9-7-14-3-5-16(21)6-4-14/h3-6,11-12H,7-10,13H2,1-2H3,(H,23,26). The Morgan fingerprint density at radius 3 is 2.67 bits per heavy atom. The van der Waals surface area contributed by atoms with Crippen molar-refractivity contribution in [1.29, 1.82) is 0 Å². The van der Waals surface area contributed by atoms with Crippen LogP contribution in [0.2, 0.25) is 0 Å². The Balaban J connectivity index is 1.64. The van der Waals surface area contributed by atoms with Gasteiger partial charge in [0.1, 0.15) is 0 Å². The lowest BCUT2D eigenvalue weighted by Crippen LogP contribution is -2.42. The average molecular weight is 431 g/mol. The maximum absolute atomic E-state index is 12.6. The fourth-order valence-corrected chi connectivity index (χ4v) is 3.47. The zero-order valence-corrected chi connectivity index (χ0v) is 17.1. The van der Waals surface area contributed by atoms with E-state index in [1.54, 1.807) is 36.3 Å². The molecule has 3 amide bonds. The van der Waals surface area contributed by atoms with Crippen molar-refractivity contribution in [2.24, 2.45) is 0 Å². The summed E-state index contributed by atoms with van der Waals surface area (Å²) in [5, 5.41) is 2.98. The molecule has 6 nitrogen and oxygen atoms in total. The Labute approximate surface area is 167 Å². The molecule has 2 aromatic rings. The lowest BCUT2D eigenvalue weighted by atomic mass is 9.97. The smallest absolute Gasteiger partial charge is 0.319 e. The third-order valence-electron chi connectivity index (χ3n) is 4.65. The molecule has 1 aromatic carbocycles. The highest BCUT2D eigenvalue weighted by Gasteiger charge is 2.25. The number of halogens is 1. The first-order valence-electron chi connectivity index (χ1n) is 8.90. The second kappa shape index (κ2) is 8.52. The van der Waals surface area contributed by atoms with Crippen LogP contribution in [0.3, 0.4) is 0 Å². The maximum atomic E-state index is 12.6. The van der Waals surface area contributed by atoms with Gasteiger partial charge in [-0.2, -0.15) is 0 Å². The van der Waals surface area contributed by atoms with Crippen molar-refractivity contribution in [3.63, 3.8) is 0 Å². The number of rotatable bonds is 4. The molecule has 0 unspecified atom stereocenters. The number of hydrogen-bond donors (Lipinski definition) is 1. The van der Waals surface area contributed by atoms with Crippen LogP contribution in [0.1, 0.15) is 27.0 Å². The molecule has 0 aliphatic carbocycles. The minimum absolute atomic E-state index is 0.0231. The van der Waals surface area contributed by atoms with E-state index in [2.05, 4.69) is 26.2 Å². The first-order chi connectivity index (χ1) is 13.0. The molecule has 7 heteroatoms. The van der Waals surface area contributed by atoms with E-state index < -0.39 is 0 Å². The van der Waals surface area contributed by atoms with Crippen molar-refractivity contribution in [1.82, 2.24) is 20.1 Å². The molecule has 1 aromatic heterocycles. The van der Waals surface area contributed by atoms with E-state index in [1.165, 1.54) is 5.56 Å². The molecule has 3 rings (SSSR count). The van der Waals surface area contributed by atoms with Crippen molar-refractivity contribution in [2.45, 2.75) is 19.4 Å². The topological polar surface area (TPSA) is 65.5 Å². The van der Waals surface area contributed by atoms with Gasteiger partial charge < -0.3 is 15.1 Å². The highest BCUT2D eigenvalue weighted by Crippen LogP contribution is 2.22. The minimum atomic E-state index is -0.108. The molecule has 0 fully saturated rings. The molecular formula is C20H23BrN4O2. The summed E-state index contributed by atoms with van der Waals surface area (Å²) in [6.45, 7) is 1.65. The van der Waals surface area contributed by atoms with Crippen molar-refractivity contribution >= 4 is 27.9 Å². The SMILES string of the molecule is CN(C)C(=O)N1CCc2c(cncc2C(=O)NCCc2ccc(Br)cc2)C1. The van der Waals surface area contributed by atoms with Crippen LogP contribution in [0.4, 0.5) is 4.79 Å². The molecule has 2 heterocycles. The van der Waals surface area contributed by atoms with Crippen LogP contribution >= 0.6 is 15.9 Å². The monoisotopic (exact) mass is 430 g/mol. The molecule has 0 saturated heterocycles. The van der Waals surface area contributed by atoms with Crippen LogP contribution < -0.4 is 5.32 Å². The van der Waals surface area contributed by atoms with E-state index in [0.29, 0.717) is 31.6 Å². The van der Waals surface area contributed by atoms with Crippen molar-refractivity contribution in [2.75, 3.05) is 27.2 Å². The lowest BCUT2D eigenvalue weighted by molar-refractivity contribution is 0.0952. The van der Waals surface area contributed by atoms with Gasteiger partial charge in [-0.3, -0.25) is 9.78 Å². The van der Waals surface area contributed by atoms with Gasteiger partial charge >= 0.3 is 6.03 Å². The van der Waals surface area contributed by atoms with E-state index in [4.69, 9.17) is 0 Å². The number of pyridine rings is 1. The van der Waals surface area contributed by atoms with Gasteiger partial charge in [0.15, 0.2) is 0 Å². The molecule has 0 bridgehead atoms. The number of carbonyl (C=O) groups is 2. The molecule has 1 aliphatic heterocycles. The molecular weight excluding hydrogens is 408 g/mol. The molecule has 0 spiro atoms. The van der Waals surface area contributed by atoms with E-state index in [1.807, 2.05) is 24.3 Å². The Kier molecular flexibility index (Phi) is 6.11. The second-order valence-electron chi connectivity index (χ2n) is 6.81. The predicted octanol–water partition coefficient (Wildman–Crippen LogP) is 2.86. The second-order valence-corrected chi connectivity index (χ2v) is 7.72. The molecule has 27 heavy (non-hydrogen) atoms. The highest BCUT2D eigenvalue weighted by molar-refractivity contribution is 9.10. The van der Waals surface area contributed by atoms with Crippen LogP contribution in [-0.4, -0.2) is 53.9 Å². The Morgan fingerprint density at radius 1 is 1.22 bits per heavy atom. The highest BCUT2D eigenvalue weighted by atomic mass is 79.9. The summed E-state index contributed by atoms with van der Waals surface area (Å²) in [4.78, 5) is 32.4. The third-order valence-corrected chi connectivity index (χ3v) is 5.18. The van der Waals surface area contributed by atoms with Gasteiger partial charge in [0.05, 0.1) is 5.56 Å². The normalized spacial score (nSPS) is 13.1. The zero-order chi connectivity index (χ0) is 19.4. The third kappa shape index (κ3) is 4.66. The molecule has 0 atom stereocenters. The van der Waals surface area contributed by atoms with Gasteiger partial charge in [-0.1, -0.05) is 28.1 Å². The summed E-state index contributed by atoms with van der Waals surface area (Å²) in [6, 6.07) is 8.05. The minimum Gasteiger partial charge on any atom is -0.352 e. The number of nitrogens with one attached hydrogen (secondary N) is 1. The molecule has 1 N–H and O–H groups in total. The Bertz CT molecular complexity index is 836. The predicted molar refractivity (Wildman–Crippen MR) is 108 cm³/mol. The summed E-state index contributed by atoms with van der Waals surface area (Å²) in [5.41, 5.74) is 3.72. The first kappa shape index (κ1) is 19.4. The van der Waals surface area contributed by atoms with E-state index in [0.717, 1.165) is 22.0 Å². The van der Waals surface area contributed by atoms with Gasteiger partial charge in [-0.25, -0.2) is 4.79 Å². The van der Waals surface area contributed by atoms with Crippen molar-refractivity contribution in [3.05, 3.63) is 63.4 Å². The van der Waals surface area contributed by atoms with Crippen LogP contribution in [0.15, 0.2) is 41.1 Å². The van der Waals surface area contributed by atoms with Gasteiger partial charge in [0.2, 0.25) is 0 Å². The van der Waals surface area contributed by atoms with Crippen LogP contribution in [0.5, 0.6) is 0 Å². The lowest BCUT2D eigenvalue weighted by Gasteiger charge is -2.31. The fraction of sp³-hybridized carbons (Fsp3) is 0.350. The zero-order valence-electron chi connectivity index (χ0n) is 15.5. The van der Waals surface area contributed by atoms with Gasteiger partial charge in [-0.15, -0.1) is 0 Å². The summed E-state index contributed by atoms with van der Waals surface area (Å²) in [5.74, 6) is -0.108. The van der Waals surface area contributed by atoms with Crippen molar-refractivity contribution < 1.29 is 9.59 Å². The van der Waals surface area contributed by atoms with Crippen LogP contribution in [0.25, 0.3) is 0 Å². The summed E-state index contributed by atoms with van der Waals surface area (Å²) < 4.78 is 1.04. The van der Waals surface area contributed by atoms with Crippen LogP contribution in [0, 0.1) is 0 Å². The quantitative estimate of drug-likeness (QED) is 0.810. The summed E-state index contributed by atoms with van der Waals surface area (Å²) in [6.07, 6.45) is 4.81. The maximum Gasteiger partial charge on any atom is 0.319 e. The first-order valence-corrected chi connectivity index (χ1v) is 9.69. The number of nitrogens with zero attached hydrogens (tertiary/aromatic N) is 3. The van der Waals surface area contributed by atoms with Gasteiger partial charge in [0, 0.05) is 50.6 Å². The largest absolute Gasteiger partial charge is 0.352 e. The fourth-order valence-electron chi connectivity index (χ4n) is 3.20. The number of urea groups is 1. The van der Waals surface area contributed by atoms with Gasteiger partial charge in [0.25, 0.3) is 5.91 Å². The molecule has 142 valence electrons. The molecule has 1 aliphatic rings. The molecule has 0 saturated carbocycles. The van der Waals surface area contributed by atoms with E-state index in [9.17, 15) is 9.59 Å². The number of hydrogen-bond acceptors (Lipinski definition) is 3. The number of aromatic nitrogens is 1. The number of carbonyl (C=O) groups excluding carboxylic acids is 2. The van der Waals surface area contributed by atoms with Crippen molar-refractivity contribution in [3.8, 4) is 0 Å². The Morgan fingerprint density at radius 2 is 1.96 bits per heavy atom. The van der Waals surface area contributed by atoms with Gasteiger partial charge in [-0.05, 0) is 41.7 Å². The van der Waals surface area contributed by atoms with E-state index in [-0.39, 0.29) is 11.9 Å². The van der Waals surface area contributed by atoms with Crippen LogP contribution in [-0.2, 0) is 19.4 Å². The molecule has 0 radical (unpaired) electrons. The summed E-state index contributed by atoms with van der Waals surface area (Å²) >= 11 is 3.42. The number of benzene rings is 1. The van der Waals surface area contributed by atoms with E-state index >= 15 is 0 Å². The Hall–Kier alpha value is -2.41. The number of fused-ring (bicyclic) bond motifs is 1. The summed E-state index contributed by atoms with van der Waals surface area (Å²) in [7, 11) is 3.48.